The summed E-state index contributed by atoms with van der Waals surface area (Å²) in [5.74, 6) is 0. The van der Waals surface area contributed by atoms with Crippen molar-refractivity contribution in [2.24, 2.45) is 0 Å². The molecule has 0 saturated heterocycles. The molecule has 1 unspecified atom stereocenters. The van der Waals surface area contributed by atoms with Gasteiger partial charge in [0.15, 0.2) is 0 Å². The molecule has 80 valence electrons. The van der Waals surface area contributed by atoms with Gasteiger partial charge >= 0.3 is 0 Å². The van der Waals surface area contributed by atoms with E-state index < -0.39 is 0 Å². The van der Waals surface area contributed by atoms with Gasteiger partial charge < -0.3 is 0 Å². The second kappa shape index (κ2) is 5.37. The van der Waals surface area contributed by atoms with Crippen LogP contribution in [0.15, 0.2) is 42.0 Å². The molecule has 0 aliphatic heterocycles. The molecule has 15 heavy (non-hydrogen) atoms. The van der Waals surface area contributed by atoms with E-state index in [9.17, 15) is 0 Å². The summed E-state index contributed by atoms with van der Waals surface area (Å²) in [5.41, 5.74) is 2.91. The quantitative estimate of drug-likeness (QED) is 0.514. The van der Waals surface area contributed by atoms with Crippen LogP contribution in [0.5, 0.6) is 0 Å². The Morgan fingerprint density at radius 2 is 1.93 bits per heavy atom. The summed E-state index contributed by atoms with van der Waals surface area (Å²) in [6.07, 6.45) is 8.26. The highest BCUT2D eigenvalue weighted by Crippen LogP contribution is 2.23. The number of allylic oxidation sites excluding steroid dienone is 2. The van der Waals surface area contributed by atoms with E-state index in [4.69, 9.17) is 11.6 Å². The van der Waals surface area contributed by atoms with Crippen LogP contribution in [-0.4, -0.2) is 5.38 Å². The fourth-order valence-corrected chi connectivity index (χ4v) is 2.45. The van der Waals surface area contributed by atoms with Crippen LogP contribution in [0.2, 0.25) is 0 Å². The molecule has 0 spiro atoms. The maximum atomic E-state index is 6.21. The van der Waals surface area contributed by atoms with E-state index in [1.165, 1.54) is 30.4 Å². The van der Waals surface area contributed by atoms with Gasteiger partial charge in [-0.2, -0.15) is 0 Å². The summed E-state index contributed by atoms with van der Waals surface area (Å²) in [4.78, 5) is 0. The van der Waals surface area contributed by atoms with E-state index in [2.05, 4.69) is 36.4 Å². The van der Waals surface area contributed by atoms with Crippen LogP contribution in [0.3, 0.4) is 0 Å². The lowest BCUT2D eigenvalue weighted by Crippen LogP contribution is -1.94. The second-order valence-corrected chi connectivity index (χ2v) is 4.81. The van der Waals surface area contributed by atoms with E-state index in [0.29, 0.717) is 0 Å². The number of benzene rings is 1. The second-order valence-electron chi connectivity index (χ2n) is 4.25. The Balaban J connectivity index is 2.04. The normalized spacial score (nSPS) is 21.9. The summed E-state index contributed by atoms with van der Waals surface area (Å²) in [6, 6.07) is 10.6. The molecular formula is C14H17Cl. The van der Waals surface area contributed by atoms with Gasteiger partial charge in [-0.25, -0.2) is 0 Å². The number of hydrogen-bond acceptors (Lipinski definition) is 0. The number of alkyl halides is 1. The molecule has 1 heteroatoms. The molecule has 0 N–H and O–H groups in total. The van der Waals surface area contributed by atoms with Crippen LogP contribution >= 0.6 is 11.6 Å². The Morgan fingerprint density at radius 1 is 1.13 bits per heavy atom. The van der Waals surface area contributed by atoms with Gasteiger partial charge in [-0.05, 0) is 31.2 Å². The standard InChI is InChI=1S/C14H17Cl/c15-14-9-5-4-8-13(11-14)10-12-6-2-1-3-7-12/h1-3,6-7,11,14H,4-5,8-10H2. The van der Waals surface area contributed by atoms with Gasteiger partial charge in [0, 0.05) is 0 Å². The number of hydrogen-bond donors (Lipinski definition) is 0. The molecule has 0 radical (unpaired) electrons. The molecule has 2 rings (SSSR count). The smallest absolute Gasteiger partial charge is 0.0518 e. The van der Waals surface area contributed by atoms with Crippen LogP contribution < -0.4 is 0 Å². The SMILES string of the molecule is ClC1C=C(Cc2ccccc2)CCCC1. The van der Waals surface area contributed by atoms with Crippen LogP contribution in [0.4, 0.5) is 0 Å². The van der Waals surface area contributed by atoms with Gasteiger partial charge in [0.2, 0.25) is 0 Å². The highest BCUT2D eigenvalue weighted by molar-refractivity contribution is 6.21. The lowest BCUT2D eigenvalue weighted by Gasteiger charge is -2.05. The first-order chi connectivity index (χ1) is 7.34. The van der Waals surface area contributed by atoms with Crippen LogP contribution in [0, 0.1) is 0 Å². The summed E-state index contributed by atoms with van der Waals surface area (Å²) in [7, 11) is 0. The van der Waals surface area contributed by atoms with Gasteiger partial charge in [0.25, 0.3) is 0 Å². The minimum atomic E-state index is 0.256. The number of rotatable bonds is 2. The van der Waals surface area contributed by atoms with Crippen molar-refractivity contribution in [2.75, 3.05) is 0 Å². The summed E-state index contributed by atoms with van der Waals surface area (Å²) in [6.45, 7) is 0. The van der Waals surface area contributed by atoms with Gasteiger partial charge in [0.1, 0.15) is 0 Å². The third-order valence-electron chi connectivity index (χ3n) is 2.92. The van der Waals surface area contributed by atoms with Crippen molar-refractivity contribution in [3.8, 4) is 0 Å². The first-order valence-corrected chi connectivity index (χ1v) is 6.16. The van der Waals surface area contributed by atoms with Crippen molar-refractivity contribution in [1.29, 1.82) is 0 Å². The van der Waals surface area contributed by atoms with Crippen molar-refractivity contribution in [1.82, 2.24) is 0 Å². The monoisotopic (exact) mass is 220 g/mol. The lowest BCUT2D eigenvalue weighted by atomic mass is 10.0. The molecular weight excluding hydrogens is 204 g/mol. The van der Waals surface area contributed by atoms with Crippen molar-refractivity contribution in [2.45, 2.75) is 37.5 Å². The molecule has 0 amide bonds. The van der Waals surface area contributed by atoms with Crippen LogP contribution in [0.1, 0.15) is 31.2 Å². The molecule has 0 saturated carbocycles. The maximum Gasteiger partial charge on any atom is 0.0518 e. The molecule has 1 aromatic rings. The van der Waals surface area contributed by atoms with Crippen molar-refractivity contribution < 1.29 is 0 Å². The average molecular weight is 221 g/mol. The molecule has 1 aliphatic rings. The van der Waals surface area contributed by atoms with Gasteiger partial charge in [-0.15, -0.1) is 11.6 Å². The zero-order chi connectivity index (χ0) is 10.5. The number of halogens is 1. The molecule has 0 bridgehead atoms. The topological polar surface area (TPSA) is 0 Å². The van der Waals surface area contributed by atoms with Gasteiger partial charge in [0.05, 0.1) is 5.38 Å². The van der Waals surface area contributed by atoms with Gasteiger partial charge in [-0.1, -0.05) is 48.4 Å². The maximum absolute atomic E-state index is 6.21. The minimum absolute atomic E-state index is 0.256. The zero-order valence-electron chi connectivity index (χ0n) is 8.95. The fraction of sp³-hybridized carbons (Fsp3) is 0.429. The van der Waals surface area contributed by atoms with Crippen LogP contribution in [0.25, 0.3) is 0 Å². The predicted octanol–water partition coefficient (Wildman–Crippen LogP) is 4.34. The minimum Gasteiger partial charge on any atom is -0.118 e. The molecule has 1 aliphatic carbocycles. The Labute approximate surface area is 97.0 Å². The largest absolute Gasteiger partial charge is 0.118 e. The van der Waals surface area contributed by atoms with E-state index >= 15 is 0 Å². The Bertz CT molecular complexity index is 326. The first-order valence-electron chi connectivity index (χ1n) is 5.72. The molecule has 0 aromatic heterocycles. The fourth-order valence-electron chi connectivity index (χ4n) is 2.12. The molecule has 1 aromatic carbocycles. The lowest BCUT2D eigenvalue weighted by molar-refractivity contribution is 0.710. The molecule has 1 atom stereocenters. The third kappa shape index (κ3) is 3.39. The van der Waals surface area contributed by atoms with Crippen molar-refractivity contribution in [3.05, 3.63) is 47.5 Å². The Hall–Kier alpha value is -0.750. The van der Waals surface area contributed by atoms with Crippen molar-refractivity contribution >= 4 is 11.6 Å². The molecule has 0 nitrogen and oxygen atoms in total. The van der Waals surface area contributed by atoms with E-state index in [1.54, 1.807) is 0 Å². The van der Waals surface area contributed by atoms with E-state index in [0.717, 1.165) is 12.8 Å². The summed E-state index contributed by atoms with van der Waals surface area (Å²) < 4.78 is 0. The van der Waals surface area contributed by atoms with E-state index in [1.807, 2.05) is 0 Å². The van der Waals surface area contributed by atoms with Crippen molar-refractivity contribution in [3.63, 3.8) is 0 Å². The average Bonchev–Trinajstić information content (AvgIpc) is 2.44. The third-order valence-corrected chi connectivity index (χ3v) is 3.26. The predicted molar refractivity (Wildman–Crippen MR) is 66.3 cm³/mol. The highest BCUT2D eigenvalue weighted by Gasteiger charge is 2.09. The summed E-state index contributed by atoms with van der Waals surface area (Å²) >= 11 is 6.21. The zero-order valence-corrected chi connectivity index (χ0v) is 9.71. The van der Waals surface area contributed by atoms with Gasteiger partial charge in [-0.3, -0.25) is 0 Å². The Morgan fingerprint density at radius 3 is 2.73 bits per heavy atom. The Kier molecular flexibility index (Phi) is 3.85. The summed E-state index contributed by atoms with van der Waals surface area (Å²) in [5, 5.41) is 0.256. The molecule has 0 heterocycles. The molecule has 0 fully saturated rings. The first kappa shape index (κ1) is 10.8. The van der Waals surface area contributed by atoms with E-state index in [-0.39, 0.29) is 5.38 Å². The highest BCUT2D eigenvalue weighted by atomic mass is 35.5. The van der Waals surface area contributed by atoms with Crippen LogP contribution in [-0.2, 0) is 6.42 Å².